The molecule has 0 atom stereocenters. The molecule has 25 heavy (non-hydrogen) atoms. The number of rotatable bonds is 5. The second kappa shape index (κ2) is 7.37. The van der Waals surface area contributed by atoms with Crippen LogP contribution in [-0.4, -0.2) is 12.5 Å². The summed E-state index contributed by atoms with van der Waals surface area (Å²) < 4.78 is 71.1. The molecule has 4 nitrogen and oxygen atoms in total. The van der Waals surface area contributed by atoms with Gasteiger partial charge in [0.25, 0.3) is 5.91 Å². The number of carbonyl (C=O) groups is 1. The number of ether oxygens (including phenoxy) is 1. The number of nitrogens with one attached hydrogen (secondary N) is 2. The predicted octanol–water partition coefficient (Wildman–Crippen LogP) is 3.52. The Morgan fingerprint density at radius 1 is 0.960 bits per heavy atom. The van der Waals surface area contributed by atoms with Gasteiger partial charge >= 0.3 is 0 Å². The van der Waals surface area contributed by atoms with Crippen LogP contribution in [-0.2, 0) is 4.79 Å². The smallest absolute Gasteiger partial charge is 0.276 e. The molecule has 0 heterocycles. The molecule has 0 radical (unpaired) electrons. The first kappa shape index (κ1) is 18.5. The van der Waals surface area contributed by atoms with E-state index in [9.17, 15) is 26.7 Å². The zero-order valence-electron chi connectivity index (χ0n) is 13.1. The second-order valence-corrected chi connectivity index (χ2v) is 5.18. The SMILES string of the molecule is Cc1ccc(C)c(OCC(=O)NNc2c(F)c(F)c(F)c(F)c2F)c1. The molecular formula is C16H13F5N2O2. The summed E-state index contributed by atoms with van der Waals surface area (Å²) >= 11 is 0. The highest BCUT2D eigenvalue weighted by molar-refractivity contribution is 5.79. The molecule has 2 aromatic carbocycles. The third kappa shape index (κ3) is 3.98. The lowest BCUT2D eigenvalue weighted by molar-refractivity contribution is -0.122. The third-order valence-corrected chi connectivity index (χ3v) is 3.24. The summed E-state index contributed by atoms with van der Waals surface area (Å²) in [5.74, 6) is -11.2. The van der Waals surface area contributed by atoms with Gasteiger partial charge in [0.2, 0.25) is 5.82 Å². The van der Waals surface area contributed by atoms with E-state index in [1.165, 1.54) is 0 Å². The fraction of sp³-hybridized carbons (Fsp3) is 0.188. The maximum absolute atomic E-state index is 13.4. The molecule has 0 spiro atoms. The van der Waals surface area contributed by atoms with Crippen molar-refractivity contribution in [3.8, 4) is 5.75 Å². The van der Waals surface area contributed by atoms with Gasteiger partial charge in [-0.2, -0.15) is 0 Å². The summed E-state index contributed by atoms with van der Waals surface area (Å²) in [4.78, 5) is 11.6. The average molecular weight is 360 g/mol. The minimum Gasteiger partial charge on any atom is -0.483 e. The number of amides is 1. The molecule has 0 bridgehead atoms. The lowest BCUT2D eigenvalue weighted by Crippen LogP contribution is -2.34. The van der Waals surface area contributed by atoms with Gasteiger partial charge in [-0.15, -0.1) is 0 Å². The van der Waals surface area contributed by atoms with Crippen LogP contribution >= 0.6 is 0 Å². The summed E-state index contributed by atoms with van der Waals surface area (Å²) in [6, 6.07) is 5.29. The normalized spacial score (nSPS) is 10.5. The van der Waals surface area contributed by atoms with Crippen LogP contribution in [0.1, 0.15) is 11.1 Å². The third-order valence-electron chi connectivity index (χ3n) is 3.24. The summed E-state index contributed by atoms with van der Waals surface area (Å²) in [6.07, 6.45) is 0. The van der Waals surface area contributed by atoms with E-state index in [1.54, 1.807) is 24.5 Å². The molecule has 134 valence electrons. The summed E-state index contributed by atoms with van der Waals surface area (Å²) in [5.41, 5.74) is 3.77. The van der Waals surface area contributed by atoms with Crippen molar-refractivity contribution in [2.45, 2.75) is 13.8 Å². The number of anilines is 1. The van der Waals surface area contributed by atoms with Crippen LogP contribution in [0.5, 0.6) is 5.75 Å². The molecule has 0 saturated carbocycles. The van der Waals surface area contributed by atoms with Gasteiger partial charge in [0.1, 0.15) is 11.4 Å². The minimum absolute atomic E-state index is 0.423. The highest BCUT2D eigenvalue weighted by Crippen LogP contribution is 2.26. The first-order chi connectivity index (χ1) is 11.7. The van der Waals surface area contributed by atoms with Crippen molar-refractivity contribution >= 4 is 11.6 Å². The standard InChI is InChI=1S/C16H13F5N2O2/c1-7-3-4-8(2)9(5-7)25-6-10(24)22-23-16-14(20)12(18)11(17)13(19)15(16)21/h3-5,23H,6H2,1-2H3,(H,22,24). The molecule has 0 unspecified atom stereocenters. The Kier molecular flexibility index (Phi) is 5.45. The van der Waals surface area contributed by atoms with E-state index in [0.29, 0.717) is 5.75 Å². The molecule has 0 aromatic heterocycles. The summed E-state index contributed by atoms with van der Waals surface area (Å²) in [6.45, 7) is 3.03. The van der Waals surface area contributed by atoms with Gasteiger partial charge < -0.3 is 4.74 Å². The number of hydrogen-bond acceptors (Lipinski definition) is 3. The maximum atomic E-state index is 13.4. The van der Waals surface area contributed by atoms with Crippen LogP contribution in [0.4, 0.5) is 27.6 Å². The lowest BCUT2D eigenvalue weighted by atomic mass is 10.1. The van der Waals surface area contributed by atoms with E-state index in [0.717, 1.165) is 11.1 Å². The van der Waals surface area contributed by atoms with Gasteiger partial charge in [-0.3, -0.25) is 15.6 Å². The number of carbonyl (C=O) groups excluding carboxylic acids is 1. The molecule has 0 fully saturated rings. The molecule has 2 rings (SSSR count). The van der Waals surface area contributed by atoms with E-state index in [4.69, 9.17) is 4.74 Å². The molecule has 0 aliphatic rings. The molecule has 9 heteroatoms. The Morgan fingerprint density at radius 2 is 1.52 bits per heavy atom. The first-order valence-corrected chi connectivity index (χ1v) is 6.98. The Labute approximate surface area is 139 Å². The topological polar surface area (TPSA) is 50.4 Å². The van der Waals surface area contributed by atoms with Gasteiger partial charge in [-0.05, 0) is 31.0 Å². The highest BCUT2D eigenvalue weighted by atomic mass is 19.2. The largest absolute Gasteiger partial charge is 0.483 e. The minimum atomic E-state index is -2.29. The molecule has 1 amide bonds. The summed E-state index contributed by atoms with van der Waals surface area (Å²) in [7, 11) is 0. The van der Waals surface area contributed by atoms with Gasteiger partial charge in [0.05, 0.1) is 0 Å². The molecule has 0 aliphatic carbocycles. The van der Waals surface area contributed by atoms with Crippen LogP contribution in [0.15, 0.2) is 18.2 Å². The van der Waals surface area contributed by atoms with Crippen LogP contribution in [0.25, 0.3) is 0 Å². The number of benzene rings is 2. The Morgan fingerprint density at radius 3 is 2.12 bits per heavy atom. The predicted molar refractivity (Wildman–Crippen MR) is 79.4 cm³/mol. The number of hydrogen-bond donors (Lipinski definition) is 2. The van der Waals surface area contributed by atoms with Crippen molar-refractivity contribution < 1.29 is 31.5 Å². The van der Waals surface area contributed by atoms with Crippen LogP contribution < -0.4 is 15.6 Å². The number of aryl methyl sites for hydroxylation is 2. The highest BCUT2D eigenvalue weighted by Gasteiger charge is 2.26. The van der Waals surface area contributed by atoms with Crippen LogP contribution in [0.3, 0.4) is 0 Å². The summed E-state index contributed by atoms with van der Waals surface area (Å²) in [5, 5.41) is 0. The lowest BCUT2D eigenvalue weighted by Gasteiger charge is -2.13. The quantitative estimate of drug-likeness (QED) is 0.371. The van der Waals surface area contributed by atoms with Crippen molar-refractivity contribution in [2.24, 2.45) is 0 Å². The van der Waals surface area contributed by atoms with E-state index in [-0.39, 0.29) is 0 Å². The Hall–Kier alpha value is -2.84. The van der Waals surface area contributed by atoms with Crippen molar-refractivity contribution in [3.05, 3.63) is 58.4 Å². The van der Waals surface area contributed by atoms with Gasteiger partial charge in [-0.1, -0.05) is 12.1 Å². The number of hydrazine groups is 1. The maximum Gasteiger partial charge on any atom is 0.276 e. The molecule has 2 N–H and O–H groups in total. The first-order valence-electron chi connectivity index (χ1n) is 6.98. The average Bonchev–Trinajstić information content (AvgIpc) is 2.59. The molecule has 0 aliphatic heterocycles. The van der Waals surface area contributed by atoms with E-state index >= 15 is 0 Å². The molecule has 2 aromatic rings. The zero-order valence-corrected chi connectivity index (χ0v) is 13.1. The second-order valence-electron chi connectivity index (χ2n) is 5.18. The molecule has 0 saturated heterocycles. The Balaban J connectivity index is 2.02. The fourth-order valence-electron chi connectivity index (χ4n) is 1.89. The van der Waals surface area contributed by atoms with Crippen molar-refractivity contribution in [2.75, 3.05) is 12.0 Å². The van der Waals surface area contributed by atoms with E-state index in [2.05, 4.69) is 0 Å². The van der Waals surface area contributed by atoms with E-state index in [1.807, 2.05) is 18.4 Å². The van der Waals surface area contributed by atoms with E-state index < -0.39 is 47.3 Å². The van der Waals surface area contributed by atoms with Crippen LogP contribution in [0.2, 0.25) is 0 Å². The van der Waals surface area contributed by atoms with Crippen molar-refractivity contribution in [1.82, 2.24) is 5.43 Å². The van der Waals surface area contributed by atoms with Gasteiger partial charge in [0.15, 0.2) is 29.9 Å². The van der Waals surface area contributed by atoms with Crippen molar-refractivity contribution in [3.63, 3.8) is 0 Å². The van der Waals surface area contributed by atoms with Gasteiger partial charge in [0, 0.05) is 0 Å². The van der Waals surface area contributed by atoms with Gasteiger partial charge in [-0.25, -0.2) is 22.0 Å². The van der Waals surface area contributed by atoms with Crippen molar-refractivity contribution in [1.29, 1.82) is 0 Å². The Bertz CT molecular complexity index is 798. The fourth-order valence-corrected chi connectivity index (χ4v) is 1.89. The monoisotopic (exact) mass is 360 g/mol. The van der Waals surface area contributed by atoms with Crippen LogP contribution in [0, 0.1) is 42.9 Å². The zero-order chi connectivity index (χ0) is 18.7. The molecular weight excluding hydrogens is 347 g/mol. The number of halogens is 5.